The molecule has 1 N–H and O–H groups in total. The van der Waals surface area contributed by atoms with Crippen LogP contribution in [-0.4, -0.2) is 46.5 Å². The molecule has 4 rings (SSSR count). The highest BCUT2D eigenvalue weighted by Crippen LogP contribution is 2.25. The standard InChI is InChI=1S/C23H33N5O3S/c1-17(2)18-7-9-20(10-8-18)32(30,31)27-14-11-19(12-15-27)23(29)24-16-22-26-25-21-6-4-3-5-13-28(21)22/h7-10,17,19H,3-6,11-16H2,1-2H3,(H,24,29). The second-order valence-corrected chi connectivity index (χ2v) is 11.1. The van der Waals surface area contributed by atoms with Crippen molar-refractivity contribution in [1.29, 1.82) is 0 Å². The minimum Gasteiger partial charge on any atom is -0.349 e. The van der Waals surface area contributed by atoms with Crippen molar-refractivity contribution in [3.05, 3.63) is 41.5 Å². The molecule has 0 radical (unpaired) electrons. The van der Waals surface area contributed by atoms with Gasteiger partial charge >= 0.3 is 0 Å². The highest BCUT2D eigenvalue weighted by molar-refractivity contribution is 7.89. The van der Waals surface area contributed by atoms with Crippen molar-refractivity contribution in [2.45, 2.75) is 76.3 Å². The summed E-state index contributed by atoms with van der Waals surface area (Å²) in [5, 5.41) is 11.5. The summed E-state index contributed by atoms with van der Waals surface area (Å²) in [7, 11) is -3.54. The van der Waals surface area contributed by atoms with Crippen molar-refractivity contribution in [1.82, 2.24) is 24.4 Å². The summed E-state index contributed by atoms with van der Waals surface area (Å²) in [5.74, 6) is 1.95. The van der Waals surface area contributed by atoms with Gasteiger partial charge in [-0.15, -0.1) is 10.2 Å². The average Bonchev–Trinajstić information content (AvgIpc) is 3.03. The van der Waals surface area contributed by atoms with Gasteiger partial charge in [0.1, 0.15) is 5.82 Å². The number of carbonyl (C=O) groups excluding carboxylic acids is 1. The van der Waals surface area contributed by atoms with Crippen LogP contribution in [0.25, 0.3) is 0 Å². The summed E-state index contributed by atoms with van der Waals surface area (Å²) in [6.45, 7) is 6.14. The number of piperidine rings is 1. The zero-order chi connectivity index (χ0) is 22.7. The molecule has 2 aliphatic heterocycles. The van der Waals surface area contributed by atoms with E-state index in [4.69, 9.17) is 0 Å². The Hall–Kier alpha value is -2.26. The quantitative estimate of drug-likeness (QED) is 0.716. The van der Waals surface area contributed by atoms with E-state index in [2.05, 4.69) is 33.9 Å². The molecule has 174 valence electrons. The van der Waals surface area contributed by atoms with Gasteiger partial charge in [0.05, 0.1) is 11.4 Å². The average molecular weight is 460 g/mol. The maximum Gasteiger partial charge on any atom is 0.243 e. The van der Waals surface area contributed by atoms with Crippen molar-refractivity contribution in [2.75, 3.05) is 13.1 Å². The van der Waals surface area contributed by atoms with Gasteiger partial charge in [0.25, 0.3) is 0 Å². The van der Waals surface area contributed by atoms with Crippen molar-refractivity contribution in [3.63, 3.8) is 0 Å². The lowest BCUT2D eigenvalue weighted by Gasteiger charge is -2.30. The van der Waals surface area contributed by atoms with Crippen LogP contribution >= 0.6 is 0 Å². The molecule has 1 saturated heterocycles. The first-order valence-electron chi connectivity index (χ1n) is 11.6. The summed E-state index contributed by atoms with van der Waals surface area (Å²) in [6, 6.07) is 7.13. The van der Waals surface area contributed by atoms with Crippen molar-refractivity contribution >= 4 is 15.9 Å². The van der Waals surface area contributed by atoms with E-state index in [-0.39, 0.29) is 11.8 Å². The zero-order valence-electron chi connectivity index (χ0n) is 19.0. The molecular formula is C23H33N5O3S. The van der Waals surface area contributed by atoms with Gasteiger partial charge in [-0.3, -0.25) is 4.79 Å². The molecule has 32 heavy (non-hydrogen) atoms. The lowest BCUT2D eigenvalue weighted by molar-refractivity contribution is -0.126. The molecule has 9 heteroatoms. The Kier molecular flexibility index (Phi) is 6.95. The van der Waals surface area contributed by atoms with Crippen LogP contribution in [-0.2, 0) is 34.3 Å². The predicted octanol–water partition coefficient (Wildman–Crippen LogP) is 2.85. The molecule has 1 aromatic heterocycles. The number of hydrogen-bond donors (Lipinski definition) is 1. The number of rotatable bonds is 6. The summed E-state index contributed by atoms with van der Waals surface area (Å²) in [6.07, 6.45) is 5.42. The summed E-state index contributed by atoms with van der Waals surface area (Å²) >= 11 is 0. The van der Waals surface area contributed by atoms with Gasteiger partial charge in [-0.05, 0) is 49.3 Å². The topological polar surface area (TPSA) is 97.2 Å². The Morgan fingerprint density at radius 1 is 1.06 bits per heavy atom. The molecule has 1 amide bonds. The SMILES string of the molecule is CC(C)c1ccc(S(=O)(=O)N2CCC(C(=O)NCc3nnc4n3CCCCC4)CC2)cc1. The highest BCUT2D eigenvalue weighted by Gasteiger charge is 2.32. The fourth-order valence-electron chi connectivity index (χ4n) is 4.52. The maximum atomic E-state index is 13.0. The van der Waals surface area contributed by atoms with Crippen LogP contribution in [0.1, 0.15) is 69.1 Å². The molecule has 2 aromatic rings. The molecule has 1 aromatic carbocycles. The monoisotopic (exact) mass is 459 g/mol. The van der Waals surface area contributed by atoms with Crippen molar-refractivity contribution < 1.29 is 13.2 Å². The van der Waals surface area contributed by atoms with E-state index in [0.717, 1.165) is 43.0 Å². The predicted molar refractivity (Wildman–Crippen MR) is 121 cm³/mol. The molecule has 8 nitrogen and oxygen atoms in total. The third-order valence-electron chi connectivity index (χ3n) is 6.62. The number of carbonyl (C=O) groups is 1. The Bertz CT molecular complexity index is 1040. The van der Waals surface area contributed by atoms with E-state index >= 15 is 0 Å². The van der Waals surface area contributed by atoms with Crippen LogP contribution in [0, 0.1) is 5.92 Å². The number of sulfonamides is 1. The summed E-state index contributed by atoms with van der Waals surface area (Å²) < 4.78 is 29.6. The molecule has 0 aliphatic carbocycles. The Balaban J connectivity index is 1.31. The number of amides is 1. The van der Waals surface area contributed by atoms with Crippen LogP contribution in [0.3, 0.4) is 0 Å². The minimum absolute atomic E-state index is 0.0330. The maximum absolute atomic E-state index is 13.0. The number of nitrogens with zero attached hydrogens (tertiary/aromatic N) is 4. The molecule has 0 spiro atoms. The fraction of sp³-hybridized carbons (Fsp3) is 0.609. The number of aryl methyl sites for hydroxylation is 1. The van der Waals surface area contributed by atoms with Gasteiger partial charge in [-0.1, -0.05) is 32.4 Å². The zero-order valence-corrected chi connectivity index (χ0v) is 19.8. The molecule has 0 unspecified atom stereocenters. The lowest BCUT2D eigenvalue weighted by atomic mass is 9.97. The largest absolute Gasteiger partial charge is 0.349 e. The van der Waals surface area contributed by atoms with E-state index < -0.39 is 10.0 Å². The molecule has 3 heterocycles. The second kappa shape index (κ2) is 9.70. The Morgan fingerprint density at radius 2 is 1.78 bits per heavy atom. The Morgan fingerprint density at radius 3 is 2.47 bits per heavy atom. The number of hydrogen-bond acceptors (Lipinski definition) is 5. The van der Waals surface area contributed by atoms with Gasteiger partial charge in [0, 0.05) is 32.0 Å². The second-order valence-electron chi connectivity index (χ2n) is 9.11. The van der Waals surface area contributed by atoms with Gasteiger partial charge in [0.2, 0.25) is 15.9 Å². The number of aromatic nitrogens is 3. The van der Waals surface area contributed by atoms with E-state index in [0.29, 0.717) is 43.3 Å². The normalized spacial score (nSPS) is 18.3. The molecule has 0 bridgehead atoms. The highest BCUT2D eigenvalue weighted by atomic mass is 32.2. The molecule has 0 atom stereocenters. The molecule has 1 fully saturated rings. The van der Waals surface area contributed by atoms with Crippen molar-refractivity contribution in [2.24, 2.45) is 5.92 Å². The van der Waals surface area contributed by atoms with Crippen LogP contribution in [0.15, 0.2) is 29.2 Å². The van der Waals surface area contributed by atoms with Crippen LogP contribution in [0.2, 0.25) is 0 Å². The van der Waals surface area contributed by atoms with E-state index in [1.54, 1.807) is 12.1 Å². The van der Waals surface area contributed by atoms with Gasteiger partial charge in [0.15, 0.2) is 5.82 Å². The van der Waals surface area contributed by atoms with Gasteiger partial charge < -0.3 is 9.88 Å². The number of fused-ring (bicyclic) bond motifs is 1. The summed E-state index contributed by atoms with van der Waals surface area (Å²) in [4.78, 5) is 13.0. The number of nitrogens with one attached hydrogen (secondary N) is 1. The van der Waals surface area contributed by atoms with Crippen LogP contribution < -0.4 is 5.32 Å². The molecule has 2 aliphatic rings. The Labute approximate surface area is 190 Å². The van der Waals surface area contributed by atoms with Crippen molar-refractivity contribution in [3.8, 4) is 0 Å². The van der Waals surface area contributed by atoms with E-state index in [1.165, 1.54) is 10.7 Å². The smallest absolute Gasteiger partial charge is 0.243 e. The molecule has 0 saturated carbocycles. The minimum atomic E-state index is -3.54. The third kappa shape index (κ3) is 4.88. The first kappa shape index (κ1) is 22.9. The third-order valence-corrected chi connectivity index (χ3v) is 8.53. The lowest BCUT2D eigenvalue weighted by Crippen LogP contribution is -2.43. The van der Waals surface area contributed by atoms with Crippen LogP contribution in [0.5, 0.6) is 0 Å². The first-order valence-corrected chi connectivity index (χ1v) is 13.1. The van der Waals surface area contributed by atoms with Crippen LogP contribution in [0.4, 0.5) is 0 Å². The van der Waals surface area contributed by atoms with E-state index in [9.17, 15) is 13.2 Å². The van der Waals surface area contributed by atoms with Gasteiger partial charge in [-0.2, -0.15) is 4.31 Å². The fourth-order valence-corrected chi connectivity index (χ4v) is 5.99. The summed E-state index contributed by atoms with van der Waals surface area (Å²) in [5.41, 5.74) is 1.11. The first-order chi connectivity index (χ1) is 15.4. The number of benzene rings is 1. The van der Waals surface area contributed by atoms with Gasteiger partial charge in [-0.25, -0.2) is 8.42 Å². The molecular weight excluding hydrogens is 426 g/mol. The van der Waals surface area contributed by atoms with E-state index in [1.807, 2.05) is 12.1 Å².